The van der Waals surface area contributed by atoms with Crippen molar-refractivity contribution in [3.63, 3.8) is 0 Å². The molecule has 120 valence electrons. The van der Waals surface area contributed by atoms with Crippen molar-refractivity contribution >= 4 is 5.65 Å². The molecule has 0 N–H and O–H groups in total. The van der Waals surface area contributed by atoms with Crippen LogP contribution >= 0.6 is 0 Å². The van der Waals surface area contributed by atoms with E-state index in [0.29, 0.717) is 0 Å². The number of hydrogen-bond donors (Lipinski definition) is 0. The molecule has 3 aromatic rings. The number of imidazole rings is 1. The average molecular weight is 328 g/mol. The van der Waals surface area contributed by atoms with Gasteiger partial charge < -0.3 is 4.74 Å². The SMILES string of the molecule is Fc1cccc(COc2cc(C(F)(F)F)cc3nccn23)c1F. The third kappa shape index (κ3) is 2.96. The summed E-state index contributed by atoms with van der Waals surface area (Å²) >= 11 is 0. The number of ether oxygens (including phenoxy) is 1. The fraction of sp³-hybridized carbons (Fsp3) is 0.133. The van der Waals surface area contributed by atoms with E-state index in [0.717, 1.165) is 18.2 Å². The molecule has 2 heterocycles. The lowest BCUT2D eigenvalue weighted by Crippen LogP contribution is -2.09. The largest absolute Gasteiger partial charge is 0.474 e. The average Bonchev–Trinajstić information content (AvgIpc) is 2.96. The molecule has 0 atom stereocenters. The Morgan fingerprint density at radius 1 is 1.13 bits per heavy atom. The Morgan fingerprint density at radius 2 is 1.91 bits per heavy atom. The standard InChI is InChI=1S/C15H9F5N2O/c16-11-3-1-2-9(14(11)17)8-23-13-7-10(15(18,19)20)6-12-21-4-5-22(12)13/h1-7H,8H2. The van der Waals surface area contributed by atoms with E-state index in [2.05, 4.69) is 4.98 Å². The summed E-state index contributed by atoms with van der Waals surface area (Å²) < 4.78 is 71.9. The molecular formula is C15H9F5N2O. The van der Waals surface area contributed by atoms with Crippen LogP contribution in [0, 0.1) is 11.6 Å². The van der Waals surface area contributed by atoms with Crippen molar-refractivity contribution in [2.24, 2.45) is 0 Å². The van der Waals surface area contributed by atoms with Gasteiger partial charge in [-0.1, -0.05) is 12.1 Å². The van der Waals surface area contributed by atoms with Crippen LogP contribution in [0.3, 0.4) is 0 Å². The summed E-state index contributed by atoms with van der Waals surface area (Å²) in [7, 11) is 0. The lowest BCUT2D eigenvalue weighted by Gasteiger charge is -2.13. The first-order valence-corrected chi connectivity index (χ1v) is 6.46. The van der Waals surface area contributed by atoms with E-state index in [4.69, 9.17) is 4.74 Å². The Hall–Kier alpha value is -2.64. The zero-order chi connectivity index (χ0) is 16.6. The molecule has 0 saturated carbocycles. The van der Waals surface area contributed by atoms with Crippen molar-refractivity contribution in [2.75, 3.05) is 0 Å². The summed E-state index contributed by atoms with van der Waals surface area (Å²) in [6.45, 7) is -0.418. The first-order valence-electron chi connectivity index (χ1n) is 6.46. The number of pyridine rings is 1. The van der Waals surface area contributed by atoms with E-state index in [1.54, 1.807) is 0 Å². The highest BCUT2D eigenvalue weighted by Gasteiger charge is 2.32. The predicted octanol–water partition coefficient (Wildman–Crippen LogP) is 4.21. The Balaban J connectivity index is 1.96. The Kier molecular flexibility index (Phi) is 3.67. The van der Waals surface area contributed by atoms with Crippen LogP contribution in [0.5, 0.6) is 5.88 Å². The number of hydrogen-bond acceptors (Lipinski definition) is 2. The maximum absolute atomic E-state index is 13.6. The second kappa shape index (κ2) is 5.53. The van der Waals surface area contributed by atoms with Crippen LogP contribution in [-0.2, 0) is 12.8 Å². The van der Waals surface area contributed by atoms with E-state index in [-0.39, 0.29) is 17.1 Å². The number of nitrogens with zero attached hydrogens (tertiary/aromatic N) is 2. The first kappa shape index (κ1) is 15.3. The highest BCUT2D eigenvalue weighted by Crippen LogP contribution is 2.32. The van der Waals surface area contributed by atoms with E-state index in [9.17, 15) is 22.0 Å². The summed E-state index contributed by atoms with van der Waals surface area (Å²) in [4.78, 5) is 3.79. The summed E-state index contributed by atoms with van der Waals surface area (Å²) in [5, 5.41) is 0. The third-order valence-electron chi connectivity index (χ3n) is 3.20. The van der Waals surface area contributed by atoms with Crippen LogP contribution < -0.4 is 4.74 Å². The van der Waals surface area contributed by atoms with Crippen LogP contribution in [0.4, 0.5) is 22.0 Å². The molecule has 0 aliphatic rings. The van der Waals surface area contributed by atoms with Gasteiger partial charge in [0.1, 0.15) is 12.3 Å². The van der Waals surface area contributed by atoms with Gasteiger partial charge in [-0.15, -0.1) is 0 Å². The maximum atomic E-state index is 13.6. The molecule has 0 aliphatic heterocycles. The number of aromatic nitrogens is 2. The topological polar surface area (TPSA) is 26.5 Å². The van der Waals surface area contributed by atoms with Crippen LogP contribution in [-0.4, -0.2) is 9.38 Å². The van der Waals surface area contributed by atoms with Crippen molar-refractivity contribution in [1.82, 2.24) is 9.38 Å². The van der Waals surface area contributed by atoms with Crippen LogP contribution in [0.15, 0.2) is 42.7 Å². The summed E-state index contributed by atoms with van der Waals surface area (Å²) in [5.41, 5.74) is -1.00. The zero-order valence-electron chi connectivity index (χ0n) is 11.4. The fourth-order valence-corrected chi connectivity index (χ4v) is 2.08. The molecule has 0 fully saturated rings. The second-order valence-electron chi connectivity index (χ2n) is 4.74. The molecule has 0 saturated heterocycles. The van der Waals surface area contributed by atoms with Crippen LogP contribution in [0.1, 0.15) is 11.1 Å². The fourth-order valence-electron chi connectivity index (χ4n) is 2.08. The van der Waals surface area contributed by atoms with E-state index in [1.807, 2.05) is 0 Å². The predicted molar refractivity (Wildman–Crippen MR) is 70.9 cm³/mol. The zero-order valence-corrected chi connectivity index (χ0v) is 11.4. The van der Waals surface area contributed by atoms with Crippen LogP contribution in [0.25, 0.3) is 5.65 Å². The molecule has 8 heteroatoms. The van der Waals surface area contributed by atoms with Gasteiger partial charge in [0, 0.05) is 24.0 Å². The molecule has 0 amide bonds. The monoisotopic (exact) mass is 328 g/mol. The highest BCUT2D eigenvalue weighted by molar-refractivity contribution is 5.46. The normalized spacial score (nSPS) is 11.9. The summed E-state index contributed by atoms with van der Waals surface area (Å²) in [5.74, 6) is -2.32. The molecular weight excluding hydrogens is 319 g/mol. The molecule has 0 bridgehead atoms. The Morgan fingerprint density at radius 3 is 2.65 bits per heavy atom. The van der Waals surface area contributed by atoms with Gasteiger partial charge in [-0.2, -0.15) is 13.2 Å². The third-order valence-corrected chi connectivity index (χ3v) is 3.20. The molecule has 3 nitrogen and oxygen atoms in total. The van der Waals surface area contributed by atoms with Crippen molar-refractivity contribution in [3.05, 3.63) is 65.5 Å². The van der Waals surface area contributed by atoms with Gasteiger partial charge in [-0.25, -0.2) is 13.8 Å². The number of fused-ring (bicyclic) bond motifs is 1. The first-order chi connectivity index (χ1) is 10.9. The smallest absolute Gasteiger partial charge is 0.416 e. The molecule has 0 unspecified atom stereocenters. The summed E-state index contributed by atoms with van der Waals surface area (Å²) in [6.07, 6.45) is -1.85. The van der Waals surface area contributed by atoms with Crippen molar-refractivity contribution in [1.29, 1.82) is 0 Å². The van der Waals surface area contributed by atoms with E-state index < -0.39 is 30.0 Å². The summed E-state index contributed by atoms with van der Waals surface area (Å²) in [6, 6.07) is 5.17. The van der Waals surface area contributed by atoms with Gasteiger partial charge >= 0.3 is 6.18 Å². The van der Waals surface area contributed by atoms with E-state index >= 15 is 0 Å². The second-order valence-corrected chi connectivity index (χ2v) is 4.74. The molecule has 23 heavy (non-hydrogen) atoms. The number of halogens is 5. The van der Waals surface area contributed by atoms with Crippen molar-refractivity contribution in [3.8, 4) is 5.88 Å². The lowest BCUT2D eigenvalue weighted by molar-refractivity contribution is -0.137. The molecule has 0 spiro atoms. The Bertz CT molecular complexity index is 857. The number of rotatable bonds is 3. The van der Waals surface area contributed by atoms with Gasteiger partial charge in [-0.3, -0.25) is 4.40 Å². The highest BCUT2D eigenvalue weighted by atomic mass is 19.4. The van der Waals surface area contributed by atoms with Crippen molar-refractivity contribution < 1.29 is 26.7 Å². The quantitative estimate of drug-likeness (QED) is 0.673. The Labute approximate surface area is 126 Å². The van der Waals surface area contributed by atoms with E-state index in [1.165, 1.54) is 28.9 Å². The minimum Gasteiger partial charge on any atom is -0.474 e. The molecule has 3 rings (SSSR count). The van der Waals surface area contributed by atoms with Crippen LogP contribution in [0.2, 0.25) is 0 Å². The van der Waals surface area contributed by atoms with Gasteiger partial charge in [0.05, 0.1) is 5.56 Å². The molecule has 0 radical (unpaired) electrons. The van der Waals surface area contributed by atoms with Gasteiger partial charge in [0.15, 0.2) is 17.5 Å². The minimum atomic E-state index is -4.57. The van der Waals surface area contributed by atoms with Gasteiger partial charge in [0.25, 0.3) is 0 Å². The molecule has 1 aromatic carbocycles. The molecule has 0 aliphatic carbocycles. The van der Waals surface area contributed by atoms with Gasteiger partial charge in [0.2, 0.25) is 0 Å². The maximum Gasteiger partial charge on any atom is 0.416 e. The minimum absolute atomic E-state index is 0.0366. The van der Waals surface area contributed by atoms with Crippen molar-refractivity contribution in [2.45, 2.75) is 12.8 Å². The molecule has 2 aromatic heterocycles. The number of alkyl halides is 3. The number of benzene rings is 1. The lowest BCUT2D eigenvalue weighted by atomic mass is 10.2. The van der Waals surface area contributed by atoms with Gasteiger partial charge in [-0.05, 0) is 12.1 Å².